The van der Waals surface area contributed by atoms with Gasteiger partial charge in [0.25, 0.3) is 5.91 Å². The predicted octanol–water partition coefficient (Wildman–Crippen LogP) is 2.63. The van der Waals surface area contributed by atoms with Crippen LogP contribution in [0.5, 0.6) is 5.75 Å². The summed E-state index contributed by atoms with van der Waals surface area (Å²) in [6.45, 7) is 3.61. The Kier molecular flexibility index (Phi) is 5.35. The molecule has 0 bridgehead atoms. The van der Waals surface area contributed by atoms with Gasteiger partial charge in [-0.15, -0.1) is 11.3 Å². The summed E-state index contributed by atoms with van der Waals surface area (Å²) in [6.07, 6.45) is 1.62. The van der Waals surface area contributed by atoms with Crippen molar-refractivity contribution in [3.8, 4) is 5.75 Å². The van der Waals surface area contributed by atoms with Crippen LogP contribution in [0, 0.1) is 6.92 Å². The van der Waals surface area contributed by atoms with Crippen LogP contribution in [0.15, 0.2) is 29.4 Å². The monoisotopic (exact) mass is 368 g/mol. The zero-order valence-electron chi connectivity index (χ0n) is 13.3. The Morgan fingerprint density at radius 1 is 1.46 bits per heavy atom. The number of aryl methyl sites for hydroxylation is 1. The Labute approximate surface area is 148 Å². The summed E-state index contributed by atoms with van der Waals surface area (Å²) in [7, 11) is 1.50. The van der Waals surface area contributed by atoms with Crippen LogP contribution < -0.4 is 9.54 Å². The number of hydrogen-bond acceptors (Lipinski definition) is 5. The van der Waals surface area contributed by atoms with Gasteiger partial charge in [0.1, 0.15) is 5.75 Å². The molecule has 2 heterocycles. The summed E-state index contributed by atoms with van der Waals surface area (Å²) >= 11 is 7.41. The number of halogens is 1. The molecule has 1 aromatic carbocycles. The number of carbonyl (C=O) groups excluding carboxylic acids is 1. The normalized spacial score (nSPS) is 15.9. The van der Waals surface area contributed by atoms with E-state index in [1.807, 2.05) is 17.7 Å². The van der Waals surface area contributed by atoms with Crippen molar-refractivity contribution in [3.63, 3.8) is 0 Å². The summed E-state index contributed by atoms with van der Waals surface area (Å²) in [5.41, 5.74) is 0.330. The van der Waals surface area contributed by atoms with Crippen molar-refractivity contribution in [2.24, 2.45) is 4.99 Å². The lowest BCUT2D eigenvalue weighted by atomic mass is 10.2. The smallest absolute Gasteiger partial charge is 0.283 e. The van der Waals surface area contributed by atoms with Gasteiger partial charge in [0.2, 0.25) is 0 Å². The number of amides is 1. The maximum Gasteiger partial charge on any atom is 0.283 e. The minimum atomic E-state index is -0.404. The summed E-state index contributed by atoms with van der Waals surface area (Å²) in [4.78, 5) is 18.4. The topological polar surface area (TPSA) is 62.0 Å². The number of hydrogen-bond donors (Lipinski definition) is 0. The van der Waals surface area contributed by atoms with E-state index in [-0.39, 0.29) is 6.29 Å². The van der Waals surface area contributed by atoms with Gasteiger partial charge < -0.3 is 18.8 Å². The van der Waals surface area contributed by atoms with Crippen LogP contribution >= 0.6 is 22.9 Å². The Morgan fingerprint density at radius 3 is 2.92 bits per heavy atom. The Bertz CT molecular complexity index is 809. The van der Waals surface area contributed by atoms with Gasteiger partial charge in [-0.3, -0.25) is 4.79 Å². The van der Waals surface area contributed by atoms with Crippen LogP contribution in [0.3, 0.4) is 0 Å². The van der Waals surface area contributed by atoms with E-state index in [0.717, 1.165) is 4.88 Å². The number of rotatable bonds is 4. The van der Waals surface area contributed by atoms with E-state index >= 15 is 0 Å². The molecule has 0 spiro atoms. The van der Waals surface area contributed by atoms with Crippen LogP contribution in [0.1, 0.15) is 15.2 Å². The quantitative estimate of drug-likeness (QED) is 0.832. The molecular formula is C16H17ClN2O4S. The molecule has 6 nitrogen and oxygen atoms in total. The van der Waals surface area contributed by atoms with Crippen LogP contribution in [-0.4, -0.2) is 37.1 Å². The predicted molar refractivity (Wildman–Crippen MR) is 90.6 cm³/mol. The molecule has 24 heavy (non-hydrogen) atoms. The highest BCUT2D eigenvalue weighted by Gasteiger charge is 2.18. The zero-order chi connectivity index (χ0) is 17.1. The van der Waals surface area contributed by atoms with Crippen molar-refractivity contribution in [1.82, 2.24) is 4.57 Å². The first kappa shape index (κ1) is 17.2. The van der Waals surface area contributed by atoms with E-state index in [2.05, 4.69) is 4.99 Å². The van der Waals surface area contributed by atoms with Crippen molar-refractivity contribution in [2.45, 2.75) is 19.8 Å². The third-order valence-corrected chi connectivity index (χ3v) is 4.63. The van der Waals surface area contributed by atoms with Gasteiger partial charge in [0.15, 0.2) is 11.1 Å². The molecule has 0 saturated carbocycles. The molecule has 1 aliphatic heterocycles. The molecule has 3 rings (SSSR count). The van der Waals surface area contributed by atoms with Gasteiger partial charge in [-0.2, -0.15) is 4.99 Å². The molecule has 0 atom stereocenters. The van der Waals surface area contributed by atoms with Crippen molar-refractivity contribution in [3.05, 3.63) is 44.7 Å². The number of nitrogens with zero attached hydrogens (tertiary/aromatic N) is 2. The Balaban J connectivity index is 1.93. The minimum Gasteiger partial charge on any atom is -0.496 e. The highest BCUT2D eigenvalue weighted by Crippen LogP contribution is 2.23. The number of aromatic nitrogens is 1. The Hall–Kier alpha value is -1.67. The molecule has 0 aliphatic carbocycles. The summed E-state index contributed by atoms with van der Waals surface area (Å²) < 4.78 is 18.0. The largest absolute Gasteiger partial charge is 0.496 e. The third kappa shape index (κ3) is 3.87. The number of methoxy groups -OCH3 is 1. The second-order valence-corrected chi connectivity index (χ2v) is 6.86. The van der Waals surface area contributed by atoms with Crippen molar-refractivity contribution in [1.29, 1.82) is 0 Å². The van der Waals surface area contributed by atoms with Gasteiger partial charge in [0.05, 0.1) is 32.4 Å². The number of ether oxygens (including phenoxy) is 3. The lowest BCUT2D eigenvalue weighted by Crippen LogP contribution is -2.24. The first-order valence-electron chi connectivity index (χ1n) is 7.39. The zero-order valence-corrected chi connectivity index (χ0v) is 14.9. The average molecular weight is 369 g/mol. The first-order valence-corrected chi connectivity index (χ1v) is 8.59. The van der Waals surface area contributed by atoms with E-state index in [1.165, 1.54) is 18.4 Å². The van der Waals surface area contributed by atoms with Gasteiger partial charge >= 0.3 is 0 Å². The van der Waals surface area contributed by atoms with Gasteiger partial charge in [0, 0.05) is 16.1 Å². The molecule has 1 amide bonds. The van der Waals surface area contributed by atoms with Gasteiger partial charge in [-0.25, -0.2) is 0 Å². The highest BCUT2D eigenvalue weighted by atomic mass is 35.5. The second kappa shape index (κ2) is 7.48. The van der Waals surface area contributed by atoms with E-state index in [0.29, 0.717) is 40.9 Å². The lowest BCUT2D eigenvalue weighted by Gasteiger charge is -2.09. The SMILES string of the molecule is COc1ccc(Cl)cc1C(=O)/N=c1\sc(C)cn1CC1OCCO1. The number of carbonyl (C=O) groups is 1. The molecule has 0 radical (unpaired) electrons. The molecule has 1 aromatic heterocycles. The molecule has 2 aromatic rings. The average Bonchev–Trinajstić information content (AvgIpc) is 3.18. The van der Waals surface area contributed by atoms with Crippen molar-refractivity contribution in [2.75, 3.05) is 20.3 Å². The fourth-order valence-corrected chi connectivity index (χ4v) is 3.40. The van der Waals surface area contributed by atoms with E-state index < -0.39 is 5.91 Å². The molecule has 0 N–H and O–H groups in total. The molecular weight excluding hydrogens is 352 g/mol. The molecule has 1 saturated heterocycles. The second-order valence-electron chi connectivity index (χ2n) is 5.21. The summed E-state index contributed by atoms with van der Waals surface area (Å²) in [5.74, 6) is 0.0358. The highest BCUT2D eigenvalue weighted by molar-refractivity contribution is 7.09. The van der Waals surface area contributed by atoms with Crippen LogP contribution in [0.25, 0.3) is 0 Å². The van der Waals surface area contributed by atoms with E-state index in [4.69, 9.17) is 25.8 Å². The minimum absolute atomic E-state index is 0.311. The maximum atomic E-state index is 12.6. The fraction of sp³-hybridized carbons (Fsp3) is 0.375. The number of benzene rings is 1. The molecule has 0 unspecified atom stereocenters. The summed E-state index contributed by atoms with van der Waals surface area (Å²) in [5, 5.41) is 0.456. The third-order valence-electron chi connectivity index (χ3n) is 3.46. The standard InChI is InChI=1S/C16H17ClN2O4S/c1-10-8-19(9-14-22-5-6-23-14)16(24-10)18-15(20)12-7-11(17)3-4-13(12)21-2/h3-4,7-8,14H,5-6,9H2,1-2H3/b18-16-. The van der Waals surface area contributed by atoms with E-state index in [1.54, 1.807) is 18.2 Å². The van der Waals surface area contributed by atoms with Crippen LogP contribution in [0.2, 0.25) is 5.02 Å². The molecule has 1 aliphatic rings. The number of thiazole rings is 1. The molecule has 128 valence electrons. The lowest BCUT2D eigenvalue weighted by molar-refractivity contribution is -0.0529. The van der Waals surface area contributed by atoms with Gasteiger partial charge in [-0.1, -0.05) is 11.6 Å². The Morgan fingerprint density at radius 2 is 2.21 bits per heavy atom. The van der Waals surface area contributed by atoms with E-state index in [9.17, 15) is 4.79 Å². The van der Waals surface area contributed by atoms with Gasteiger partial charge in [-0.05, 0) is 25.1 Å². The van der Waals surface area contributed by atoms with Crippen LogP contribution in [0.4, 0.5) is 0 Å². The molecule has 1 fully saturated rings. The van der Waals surface area contributed by atoms with Crippen molar-refractivity contribution >= 4 is 28.8 Å². The maximum absolute atomic E-state index is 12.6. The first-order chi connectivity index (χ1) is 11.6. The fourth-order valence-electron chi connectivity index (χ4n) is 2.39. The molecule has 8 heteroatoms. The van der Waals surface area contributed by atoms with Crippen LogP contribution in [-0.2, 0) is 16.0 Å². The van der Waals surface area contributed by atoms with Crippen molar-refractivity contribution < 1.29 is 19.0 Å². The summed E-state index contributed by atoms with van der Waals surface area (Å²) in [6, 6.07) is 4.88.